The summed E-state index contributed by atoms with van der Waals surface area (Å²) in [4.78, 5) is 23.5. The average molecular weight is 415 g/mol. The summed E-state index contributed by atoms with van der Waals surface area (Å²) < 4.78 is 7.13. The van der Waals surface area contributed by atoms with Gasteiger partial charge in [0, 0.05) is 30.9 Å². The average Bonchev–Trinajstić information content (AvgIpc) is 3.17. The van der Waals surface area contributed by atoms with Crippen LogP contribution in [-0.2, 0) is 16.0 Å². The number of hydrogen-bond acceptors (Lipinski definition) is 6. The molecule has 0 radical (unpaired) electrons. The second-order valence-corrected chi connectivity index (χ2v) is 7.42. The first-order valence-corrected chi connectivity index (χ1v) is 9.99. The van der Waals surface area contributed by atoms with E-state index in [1.807, 2.05) is 32.0 Å². The fourth-order valence-corrected chi connectivity index (χ4v) is 3.99. The van der Waals surface area contributed by atoms with Crippen molar-refractivity contribution in [2.75, 3.05) is 36.5 Å². The van der Waals surface area contributed by atoms with Crippen LogP contribution in [0.4, 0.5) is 11.4 Å². The fraction of sp³-hybridized carbons (Fsp3) is 0.400. The van der Waals surface area contributed by atoms with E-state index in [1.54, 1.807) is 4.52 Å². The Labute approximate surface area is 173 Å². The molecule has 0 bridgehead atoms. The van der Waals surface area contributed by atoms with Crippen LogP contribution >= 0.6 is 11.6 Å². The van der Waals surface area contributed by atoms with Crippen LogP contribution in [0.5, 0.6) is 0 Å². The summed E-state index contributed by atoms with van der Waals surface area (Å²) in [5.74, 6) is 0.501. The van der Waals surface area contributed by atoms with Crippen molar-refractivity contribution in [3.8, 4) is 0 Å². The van der Waals surface area contributed by atoms with Crippen LogP contribution in [0.2, 0.25) is 5.02 Å². The van der Waals surface area contributed by atoms with Crippen molar-refractivity contribution in [3.05, 3.63) is 46.5 Å². The lowest BCUT2D eigenvalue weighted by atomic mass is 10.1. The Morgan fingerprint density at radius 3 is 2.86 bits per heavy atom. The molecule has 0 spiro atoms. The van der Waals surface area contributed by atoms with Gasteiger partial charge in [0.15, 0.2) is 0 Å². The molecule has 1 aliphatic rings. The molecule has 0 aliphatic carbocycles. The number of nitrogens with zero attached hydrogens (tertiary/aromatic N) is 5. The quantitative estimate of drug-likeness (QED) is 0.691. The lowest BCUT2D eigenvalue weighted by Gasteiger charge is -2.31. The van der Waals surface area contributed by atoms with E-state index in [4.69, 9.17) is 16.3 Å². The number of benzene rings is 1. The van der Waals surface area contributed by atoms with E-state index in [9.17, 15) is 4.79 Å². The van der Waals surface area contributed by atoms with Crippen molar-refractivity contribution in [1.82, 2.24) is 19.6 Å². The Kier molecular flexibility index (Phi) is 5.64. The van der Waals surface area contributed by atoms with Crippen molar-refractivity contribution in [2.45, 2.75) is 26.7 Å². The van der Waals surface area contributed by atoms with E-state index in [-0.39, 0.29) is 5.91 Å². The Morgan fingerprint density at radius 2 is 2.07 bits per heavy atom. The van der Waals surface area contributed by atoms with Crippen LogP contribution in [0.15, 0.2) is 24.5 Å². The van der Waals surface area contributed by atoms with Gasteiger partial charge < -0.3 is 15.0 Å². The molecule has 1 aliphatic heterocycles. The maximum absolute atomic E-state index is 12.7. The number of carbonyl (C=O) groups excluding carboxylic acids is 1. The van der Waals surface area contributed by atoms with E-state index >= 15 is 0 Å². The molecular formula is C20H23ClN6O2. The molecule has 0 unspecified atom stereocenters. The second-order valence-electron chi connectivity index (χ2n) is 7.02. The van der Waals surface area contributed by atoms with Crippen LogP contribution in [0.3, 0.4) is 0 Å². The molecule has 1 fully saturated rings. The highest BCUT2D eigenvalue weighted by Crippen LogP contribution is 2.34. The summed E-state index contributed by atoms with van der Waals surface area (Å²) in [6.45, 7) is 6.69. The summed E-state index contributed by atoms with van der Waals surface area (Å²) in [7, 11) is 0. The minimum atomic E-state index is -0.0701. The van der Waals surface area contributed by atoms with E-state index in [2.05, 4.69) is 25.3 Å². The van der Waals surface area contributed by atoms with Crippen LogP contribution in [-0.4, -0.2) is 51.8 Å². The molecule has 152 valence electrons. The Hall–Kier alpha value is -2.71. The van der Waals surface area contributed by atoms with Gasteiger partial charge in [-0.3, -0.25) is 4.79 Å². The van der Waals surface area contributed by atoms with E-state index in [0.29, 0.717) is 36.9 Å². The summed E-state index contributed by atoms with van der Waals surface area (Å²) in [6.07, 6.45) is 2.38. The number of carbonyl (C=O) groups is 1. The number of halogens is 1. The summed E-state index contributed by atoms with van der Waals surface area (Å²) in [5.41, 5.74) is 4.41. The SMILES string of the molecule is Cc1nc2ncnn2c(C)c1CCC(=O)Nc1cccc(Cl)c1N1CCOCC1. The third kappa shape index (κ3) is 4.04. The first-order valence-electron chi connectivity index (χ1n) is 9.61. The van der Waals surface area contributed by atoms with Crippen LogP contribution in [0.1, 0.15) is 23.4 Å². The smallest absolute Gasteiger partial charge is 0.252 e. The highest BCUT2D eigenvalue weighted by atomic mass is 35.5. The molecule has 1 aromatic carbocycles. The van der Waals surface area contributed by atoms with Crippen molar-refractivity contribution in [2.24, 2.45) is 0 Å². The number of fused-ring (bicyclic) bond motifs is 1. The summed E-state index contributed by atoms with van der Waals surface area (Å²) in [5, 5.41) is 7.85. The van der Waals surface area contributed by atoms with Gasteiger partial charge in [0.05, 0.1) is 29.6 Å². The van der Waals surface area contributed by atoms with E-state index < -0.39 is 0 Å². The summed E-state index contributed by atoms with van der Waals surface area (Å²) in [6, 6.07) is 5.57. The number of aryl methyl sites for hydroxylation is 2. The number of para-hydroxylation sites is 1. The van der Waals surface area contributed by atoms with Gasteiger partial charge in [-0.2, -0.15) is 10.1 Å². The molecular weight excluding hydrogens is 392 g/mol. The minimum Gasteiger partial charge on any atom is -0.378 e. The molecule has 3 heterocycles. The zero-order valence-electron chi connectivity index (χ0n) is 16.5. The minimum absolute atomic E-state index is 0.0701. The largest absolute Gasteiger partial charge is 0.378 e. The monoisotopic (exact) mass is 414 g/mol. The lowest BCUT2D eigenvalue weighted by molar-refractivity contribution is -0.116. The highest BCUT2D eigenvalue weighted by molar-refractivity contribution is 6.34. The van der Waals surface area contributed by atoms with Crippen LogP contribution in [0.25, 0.3) is 5.78 Å². The van der Waals surface area contributed by atoms with Gasteiger partial charge in [-0.05, 0) is 38.0 Å². The molecule has 4 rings (SSSR count). The second kappa shape index (κ2) is 8.34. The number of ether oxygens (including phenoxy) is 1. The van der Waals surface area contributed by atoms with Crippen molar-refractivity contribution in [1.29, 1.82) is 0 Å². The highest BCUT2D eigenvalue weighted by Gasteiger charge is 2.19. The molecule has 2 aromatic heterocycles. The fourth-order valence-electron chi connectivity index (χ4n) is 3.69. The number of rotatable bonds is 5. The van der Waals surface area contributed by atoms with Crippen molar-refractivity contribution in [3.63, 3.8) is 0 Å². The molecule has 1 amide bonds. The third-order valence-electron chi connectivity index (χ3n) is 5.18. The number of nitrogens with one attached hydrogen (secondary N) is 1. The first kappa shape index (κ1) is 19.6. The van der Waals surface area contributed by atoms with Gasteiger partial charge in [0.1, 0.15) is 6.33 Å². The Morgan fingerprint density at radius 1 is 1.28 bits per heavy atom. The van der Waals surface area contributed by atoms with Crippen LogP contribution in [0, 0.1) is 13.8 Å². The molecule has 9 heteroatoms. The predicted molar refractivity (Wildman–Crippen MR) is 112 cm³/mol. The lowest BCUT2D eigenvalue weighted by Crippen LogP contribution is -2.37. The number of aromatic nitrogens is 4. The molecule has 0 atom stereocenters. The van der Waals surface area contributed by atoms with Gasteiger partial charge in [-0.25, -0.2) is 9.50 Å². The summed E-state index contributed by atoms with van der Waals surface area (Å²) >= 11 is 6.45. The maximum Gasteiger partial charge on any atom is 0.252 e. The topological polar surface area (TPSA) is 84.6 Å². The number of amides is 1. The van der Waals surface area contributed by atoms with Crippen LogP contribution < -0.4 is 10.2 Å². The molecule has 1 saturated heterocycles. The van der Waals surface area contributed by atoms with Gasteiger partial charge in [-0.15, -0.1) is 0 Å². The number of morpholine rings is 1. The number of hydrogen-bond donors (Lipinski definition) is 1. The third-order valence-corrected chi connectivity index (χ3v) is 5.48. The molecule has 3 aromatic rings. The Bertz CT molecular complexity index is 1040. The molecule has 1 N–H and O–H groups in total. The van der Waals surface area contributed by atoms with Crippen molar-refractivity contribution >= 4 is 34.7 Å². The zero-order valence-corrected chi connectivity index (χ0v) is 17.2. The number of anilines is 2. The zero-order chi connectivity index (χ0) is 20.4. The van der Waals surface area contributed by atoms with Gasteiger partial charge in [0.25, 0.3) is 5.78 Å². The van der Waals surface area contributed by atoms with Crippen molar-refractivity contribution < 1.29 is 9.53 Å². The molecule has 29 heavy (non-hydrogen) atoms. The molecule has 8 nitrogen and oxygen atoms in total. The Balaban J connectivity index is 1.49. The first-order chi connectivity index (χ1) is 14.0. The predicted octanol–water partition coefficient (Wildman–Crippen LogP) is 2.80. The molecule has 0 saturated carbocycles. The van der Waals surface area contributed by atoms with E-state index in [1.165, 1.54) is 6.33 Å². The maximum atomic E-state index is 12.7. The van der Waals surface area contributed by atoms with Gasteiger partial charge in [-0.1, -0.05) is 17.7 Å². The standard InChI is InChI=1S/C20H23ClN6O2/c1-13-15(14(2)27-20(24-13)22-12-23-27)6-7-18(28)25-17-5-3-4-16(21)19(17)26-8-10-29-11-9-26/h3-5,12H,6-11H2,1-2H3,(H,25,28). The normalized spacial score (nSPS) is 14.4. The van der Waals surface area contributed by atoms with Gasteiger partial charge >= 0.3 is 0 Å². The van der Waals surface area contributed by atoms with Gasteiger partial charge in [0.2, 0.25) is 5.91 Å². The van der Waals surface area contributed by atoms with E-state index in [0.717, 1.165) is 41.4 Å².